The standard InChI is InChI=1S/C10H14N2O3/c1-7(13)6-9-11-10(15-12-9)8-4-2-3-5-14-8/h8H,2-6H2,1H3. The van der Waals surface area contributed by atoms with Gasteiger partial charge in [0.1, 0.15) is 11.9 Å². The van der Waals surface area contributed by atoms with Crippen molar-refractivity contribution in [2.75, 3.05) is 6.61 Å². The van der Waals surface area contributed by atoms with Crippen LogP contribution in [0.2, 0.25) is 0 Å². The number of carbonyl (C=O) groups is 1. The van der Waals surface area contributed by atoms with Crippen molar-refractivity contribution in [3.8, 4) is 0 Å². The van der Waals surface area contributed by atoms with E-state index in [0.29, 0.717) is 11.7 Å². The summed E-state index contributed by atoms with van der Waals surface area (Å²) in [6, 6.07) is 0. The van der Waals surface area contributed by atoms with Gasteiger partial charge in [0.05, 0.1) is 6.42 Å². The Labute approximate surface area is 87.8 Å². The number of ketones is 1. The fourth-order valence-corrected chi connectivity index (χ4v) is 1.63. The van der Waals surface area contributed by atoms with E-state index in [1.54, 1.807) is 0 Å². The van der Waals surface area contributed by atoms with Crippen LogP contribution in [-0.2, 0) is 16.0 Å². The van der Waals surface area contributed by atoms with E-state index in [4.69, 9.17) is 9.26 Å². The molecule has 1 unspecified atom stereocenters. The average Bonchev–Trinajstić information content (AvgIpc) is 2.67. The molecular formula is C10H14N2O3. The molecule has 2 rings (SSSR count). The van der Waals surface area contributed by atoms with Crippen molar-refractivity contribution >= 4 is 5.78 Å². The molecule has 0 N–H and O–H groups in total. The quantitative estimate of drug-likeness (QED) is 0.755. The third kappa shape index (κ3) is 2.62. The summed E-state index contributed by atoms with van der Waals surface area (Å²) in [5.41, 5.74) is 0. The predicted octanol–water partition coefficient (Wildman–Crippen LogP) is 1.44. The molecular weight excluding hydrogens is 196 g/mol. The van der Waals surface area contributed by atoms with E-state index in [0.717, 1.165) is 25.9 Å². The van der Waals surface area contributed by atoms with Gasteiger partial charge in [-0.1, -0.05) is 5.16 Å². The first-order valence-corrected chi connectivity index (χ1v) is 5.19. The molecule has 5 nitrogen and oxygen atoms in total. The monoisotopic (exact) mass is 210 g/mol. The van der Waals surface area contributed by atoms with Crippen LogP contribution in [0.3, 0.4) is 0 Å². The molecule has 1 aromatic rings. The average molecular weight is 210 g/mol. The van der Waals surface area contributed by atoms with Crippen LogP contribution in [0, 0.1) is 0 Å². The zero-order valence-electron chi connectivity index (χ0n) is 8.73. The smallest absolute Gasteiger partial charge is 0.255 e. The molecule has 2 heterocycles. The van der Waals surface area contributed by atoms with Crippen LogP contribution in [0.5, 0.6) is 0 Å². The van der Waals surface area contributed by atoms with Gasteiger partial charge in [-0.15, -0.1) is 0 Å². The molecule has 0 saturated carbocycles. The van der Waals surface area contributed by atoms with E-state index < -0.39 is 0 Å². The summed E-state index contributed by atoms with van der Waals surface area (Å²) in [6.07, 6.45) is 3.28. The molecule has 82 valence electrons. The van der Waals surface area contributed by atoms with E-state index in [1.807, 2.05) is 0 Å². The minimum absolute atomic E-state index is 0.0342. The minimum atomic E-state index is -0.0769. The lowest BCUT2D eigenvalue weighted by atomic mass is 10.1. The van der Waals surface area contributed by atoms with Crippen molar-refractivity contribution in [1.29, 1.82) is 0 Å². The van der Waals surface area contributed by atoms with E-state index in [9.17, 15) is 4.79 Å². The van der Waals surface area contributed by atoms with E-state index >= 15 is 0 Å². The summed E-state index contributed by atoms with van der Waals surface area (Å²) < 4.78 is 10.6. The second kappa shape index (κ2) is 4.53. The second-order valence-electron chi connectivity index (χ2n) is 3.78. The molecule has 0 aliphatic carbocycles. The van der Waals surface area contributed by atoms with Crippen LogP contribution in [0.4, 0.5) is 0 Å². The molecule has 1 aliphatic heterocycles. The summed E-state index contributed by atoms with van der Waals surface area (Å²) in [7, 11) is 0. The van der Waals surface area contributed by atoms with Crippen LogP contribution in [-0.4, -0.2) is 22.5 Å². The Bertz CT molecular complexity index is 342. The van der Waals surface area contributed by atoms with Crippen LogP contribution >= 0.6 is 0 Å². The molecule has 0 amide bonds. The molecule has 1 saturated heterocycles. The van der Waals surface area contributed by atoms with Gasteiger partial charge >= 0.3 is 0 Å². The van der Waals surface area contributed by atoms with Gasteiger partial charge in [-0.2, -0.15) is 4.98 Å². The number of aromatic nitrogens is 2. The zero-order valence-corrected chi connectivity index (χ0v) is 8.73. The van der Waals surface area contributed by atoms with Crippen molar-refractivity contribution in [2.45, 2.75) is 38.7 Å². The maximum atomic E-state index is 10.8. The Hall–Kier alpha value is -1.23. The number of Topliss-reactive ketones (excluding diaryl/α,β-unsaturated/α-hetero) is 1. The molecule has 0 radical (unpaired) electrons. The summed E-state index contributed by atoms with van der Waals surface area (Å²) in [4.78, 5) is 15.0. The van der Waals surface area contributed by atoms with Crippen molar-refractivity contribution < 1.29 is 14.1 Å². The fraction of sp³-hybridized carbons (Fsp3) is 0.700. The van der Waals surface area contributed by atoms with Crippen LogP contribution in [0.1, 0.15) is 44.0 Å². The van der Waals surface area contributed by atoms with Gasteiger partial charge in [0.15, 0.2) is 5.82 Å². The molecule has 1 aromatic heterocycles. The van der Waals surface area contributed by atoms with Gasteiger partial charge in [0.25, 0.3) is 5.89 Å². The predicted molar refractivity (Wildman–Crippen MR) is 51.2 cm³/mol. The Morgan fingerprint density at radius 3 is 3.07 bits per heavy atom. The highest BCUT2D eigenvalue weighted by molar-refractivity contribution is 5.77. The number of carbonyl (C=O) groups excluding carboxylic acids is 1. The molecule has 15 heavy (non-hydrogen) atoms. The Morgan fingerprint density at radius 1 is 1.53 bits per heavy atom. The Morgan fingerprint density at radius 2 is 2.40 bits per heavy atom. The topological polar surface area (TPSA) is 65.2 Å². The number of nitrogens with zero attached hydrogens (tertiary/aromatic N) is 2. The highest BCUT2D eigenvalue weighted by Crippen LogP contribution is 2.26. The minimum Gasteiger partial charge on any atom is -0.368 e. The maximum Gasteiger partial charge on any atom is 0.255 e. The molecule has 1 atom stereocenters. The lowest BCUT2D eigenvalue weighted by Gasteiger charge is -2.18. The van der Waals surface area contributed by atoms with Crippen molar-refractivity contribution in [3.05, 3.63) is 11.7 Å². The normalized spacial score (nSPS) is 21.5. The number of rotatable bonds is 3. The Kier molecular flexibility index (Phi) is 3.11. The third-order valence-electron chi connectivity index (χ3n) is 2.35. The third-order valence-corrected chi connectivity index (χ3v) is 2.35. The molecule has 1 aliphatic rings. The Balaban J connectivity index is 2.02. The van der Waals surface area contributed by atoms with Gasteiger partial charge in [-0.3, -0.25) is 4.79 Å². The zero-order chi connectivity index (χ0) is 10.7. The summed E-state index contributed by atoms with van der Waals surface area (Å²) in [6.45, 7) is 2.25. The molecule has 0 bridgehead atoms. The van der Waals surface area contributed by atoms with Gasteiger partial charge in [0, 0.05) is 6.61 Å². The van der Waals surface area contributed by atoms with Crippen LogP contribution in [0.25, 0.3) is 0 Å². The van der Waals surface area contributed by atoms with E-state index in [-0.39, 0.29) is 18.3 Å². The molecule has 1 fully saturated rings. The van der Waals surface area contributed by atoms with Gasteiger partial charge in [-0.25, -0.2) is 0 Å². The fourth-order valence-electron chi connectivity index (χ4n) is 1.63. The summed E-state index contributed by atoms with van der Waals surface area (Å²) in [5, 5.41) is 3.74. The summed E-state index contributed by atoms with van der Waals surface area (Å²) >= 11 is 0. The highest BCUT2D eigenvalue weighted by Gasteiger charge is 2.22. The first-order chi connectivity index (χ1) is 7.25. The first kappa shape index (κ1) is 10.3. The SMILES string of the molecule is CC(=O)Cc1noc(C2CCCCO2)n1. The number of hydrogen-bond acceptors (Lipinski definition) is 5. The number of ether oxygens (including phenoxy) is 1. The largest absolute Gasteiger partial charge is 0.368 e. The number of hydrogen-bond donors (Lipinski definition) is 0. The van der Waals surface area contributed by atoms with Crippen molar-refractivity contribution in [3.63, 3.8) is 0 Å². The van der Waals surface area contributed by atoms with Crippen LogP contribution in [0.15, 0.2) is 4.52 Å². The van der Waals surface area contributed by atoms with Crippen LogP contribution < -0.4 is 0 Å². The molecule has 0 aromatic carbocycles. The first-order valence-electron chi connectivity index (χ1n) is 5.19. The van der Waals surface area contributed by atoms with Crippen molar-refractivity contribution in [1.82, 2.24) is 10.1 Å². The lowest BCUT2D eigenvalue weighted by Crippen LogP contribution is -2.11. The lowest BCUT2D eigenvalue weighted by molar-refractivity contribution is -0.116. The van der Waals surface area contributed by atoms with Gasteiger partial charge in [0.2, 0.25) is 0 Å². The maximum absolute atomic E-state index is 10.8. The second-order valence-corrected chi connectivity index (χ2v) is 3.78. The molecule has 5 heteroatoms. The van der Waals surface area contributed by atoms with Gasteiger partial charge < -0.3 is 9.26 Å². The van der Waals surface area contributed by atoms with E-state index in [1.165, 1.54) is 6.92 Å². The van der Waals surface area contributed by atoms with E-state index in [2.05, 4.69) is 10.1 Å². The molecule has 0 spiro atoms. The van der Waals surface area contributed by atoms with Crippen molar-refractivity contribution in [2.24, 2.45) is 0 Å². The van der Waals surface area contributed by atoms with Gasteiger partial charge in [-0.05, 0) is 26.2 Å². The summed E-state index contributed by atoms with van der Waals surface area (Å²) in [5.74, 6) is 0.990. The highest BCUT2D eigenvalue weighted by atomic mass is 16.5.